The van der Waals surface area contributed by atoms with E-state index in [9.17, 15) is 39.6 Å². The molecule has 0 spiro atoms. The highest BCUT2D eigenvalue weighted by Crippen LogP contribution is 2.40. The van der Waals surface area contributed by atoms with Crippen molar-refractivity contribution in [3.05, 3.63) is 29.8 Å². The molecule has 3 rings (SSSR count). The molecular weight excluding hydrogens is 530 g/mol. The number of carboxylic acids is 1. The van der Waals surface area contributed by atoms with E-state index in [1.807, 2.05) is 0 Å². The Hall–Kier alpha value is -2.35. The predicted molar refractivity (Wildman–Crippen MR) is 117 cm³/mol. The maximum absolute atomic E-state index is 13.3. The van der Waals surface area contributed by atoms with Gasteiger partial charge in [0.05, 0.1) is 15.2 Å². The van der Waals surface area contributed by atoms with Crippen LogP contribution >= 0.6 is 0 Å². The average Bonchev–Trinajstić information content (AvgIpc) is 3.25. The Morgan fingerprint density at radius 3 is 1.95 bits per heavy atom. The van der Waals surface area contributed by atoms with Crippen LogP contribution in [-0.2, 0) is 25.6 Å². The number of aliphatic carboxylic acids is 1. The summed E-state index contributed by atoms with van der Waals surface area (Å²) >= 11 is 0. The Kier molecular flexibility index (Phi) is 9.01. The molecule has 1 aromatic rings. The van der Waals surface area contributed by atoms with Gasteiger partial charge in [0.2, 0.25) is 0 Å². The molecule has 7 nitrogen and oxygen atoms in total. The number of nitrogens with zero attached hydrogens (tertiary/aromatic N) is 1. The highest BCUT2D eigenvalue weighted by Gasteiger charge is 2.48. The highest BCUT2D eigenvalue weighted by molar-refractivity contribution is 7.92. The lowest BCUT2D eigenvalue weighted by atomic mass is 9.85. The predicted octanol–water partition coefficient (Wildman–Crippen LogP) is 2.35. The zero-order chi connectivity index (χ0) is 28.4. The second-order valence-corrected chi connectivity index (χ2v) is 12.5. The zero-order valence-electron chi connectivity index (χ0n) is 20.4. The lowest BCUT2D eigenvalue weighted by Crippen LogP contribution is -2.78. The number of hydrogen-bond acceptors (Lipinski definition) is 5. The van der Waals surface area contributed by atoms with Crippen molar-refractivity contribution in [3.63, 3.8) is 0 Å². The van der Waals surface area contributed by atoms with Crippen molar-refractivity contribution in [2.75, 3.05) is 13.1 Å². The summed E-state index contributed by atoms with van der Waals surface area (Å²) < 4.78 is 95.9. The molecule has 210 valence electrons. The van der Waals surface area contributed by atoms with Gasteiger partial charge in [0.15, 0.2) is 15.4 Å². The third kappa shape index (κ3) is 6.95. The Balaban J connectivity index is 0.000000604. The summed E-state index contributed by atoms with van der Waals surface area (Å²) in [4.78, 5) is 23.1. The molecule has 1 saturated heterocycles. The number of halogens is 6. The fourth-order valence-electron chi connectivity index (χ4n) is 4.74. The number of alkyl halides is 6. The molecule has 1 amide bonds. The first-order chi connectivity index (χ1) is 16.7. The van der Waals surface area contributed by atoms with Crippen LogP contribution in [0.1, 0.15) is 57.9 Å². The molecular formula is C23H30F6N2O5S. The lowest BCUT2D eigenvalue weighted by Gasteiger charge is -2.41. The standard InChI is InChI=1S/C21H29F3N2O3S.C2HF3O2/c1-19(2,30(28,29)17-7-5-6-16(14-17)21(22,23)24)15-8-12-26(13-9-15)18(27)20(25)10-3-4-11-20;3-2(4,5)1(6)7/h5-7,14-15H,3-4,8-13,25H2,1-2H3;(H,6,7). The van der Waals surface area contributed by atoms with Crippen molar-refractivity contribution in [1.29, 1.82) is 0 Å². The van der Waals surface area contributed by atoms with E-state index in [2.05, 4.69) is 5.73 Å². The van der Waals surface area contributed by atoms with Crippen LogP contribution in [0.15, 0.2) is 29.2 Å². The normalized spacial score (nSPS) is 19.2. The van der Waals surface area contributed by atoms with Crippen molar-refractivity contribution in [2.24, 2.45) is 5.92 Å². The Morgan fingerprint density at radius 1 is 1.03 bits per heavy atom. The van der Waals surface area contributed by atoms with Gasteiger partial charge < -0.3 is 20.5 Å². The Morgan fingerprint density at radius 2 is 1.51 bits per heavy atom. The van der Waals surface area contributed by atoms with Crippen LogP contribution in [0.2, 0.25) is 0 Å². The Labute approximate surface area is 210 Å². The van der Waals surface area contributed by atoms with Crippen molar-refractivity contribution < 1.29 is 55.2 Å². The monoisotopic (exact) mass is 560 g/mol. The second kappa shape index (κ2) is 10.8. The minimum absolute atomic E-state index is 0.0389. The first kappa shape index (κ1) is 30.9. The van der Waals surface area contributed by atoms with Gasteiger partial charge in [0, 0.05) is 25.9 Å². The number of amides is 1. The van der Waals surface area contributed by atoms with E-state index in [1.165, 1.54) is 6.07 Å². The molecule has 2 aliphatic rings. The molecule has 0 bridgehead atoms. The minimum Gasteiger partial charge on any atom is -0.542 e. The van der Waals surface area contributed by atoms with Crippen molar-refractivity contribution >= 4 is 21.7 Å². The van der Waals surface area contributed by atoms with Crippen LogP contribution in [0.4, 0.5) is 26.3 Å². The fourth-order valence-corrected chi connectivity index (χ4v) is 6.56. The van der Waals surface area contributed by atoms with Gasteiger partial charge in [0.25, 0.3) is 5.91 Å². The molecule has 2 fully saturated rings. The van der Waals surface area contributed by atoms with Gasteiger partial charge >= 0.3 is 12.4 Å². The third-order valence-electron chi connectivity index (χ3n) is 7.18. The van der Waals surface area contributed by atoms with E-state index in [0.29, 0.717) is 32.0 Å². The van der Waals surface area contributed by atoms with Gasteiger partial charge in [-0.1, -0.05) is 6.07 Å². The van der Waals surface area contributed by atoms with Crippen LogP contribution in [0.3, 0.4) is 0 Å². The number of benzene rings is 1. The average molecular weight is 561 g/mol. The summed E-state index contributed by atoms with van der Waals surface area (Å²) in [5, 5.41) is 8.78. The van der Waals surface area contributed by atoms with Crippen LogP contribution in [-0.4, -0.2) is 54.7 Å². The maximum atomic E-state index is 13.3. The van der Waals surface area contributed by atoms with Crippen LogP contribution in [0.25, 0.3) is 0 Å². The van der Waals surface area contributed by atoms with Gasteiger partial charge in [0.1, 0.15) is 5.97 Å². The molecule has 1 aliphatic carbocycles. The highest BCUT2D eigenvalue weighted by atomic mass is 32.2. The topological polar surface area (TPSA) is 122 Å². The number of carboxylic acid groups (broad SMARTS) is 1. The summed E-state index contributed by atoms with van der Waals surface area (Å²) in [6, 6.07) is 3.93. The minimum atomic E-state index is -5.19. The van der Waals surface area contributed by atoms with E-state index in [4.69, 9.17) is 9.90 Å². The number of quaternary nitrogens is 1. The Bertz CT molecular complexity index is 1090. The maximum Gasteiger partial charge on any atom is 0.430 e. The summed E-state index contributed by atoms with van der Waals surface area (Å²) in [6.45, 7) is 4.04. The first-order valence-electron chi connectivity index (χ1n) is 11.6. The van der Waals surface area contributed by atoms with E-state index in [0.717, 1.165) is 37.8 Å². The molecule has 37 heavy (non-hydrogen) atoms. The molecule has 14 heteroatoms. The largest absolute Gasteiger partial charge is 0.542 e. The summed E-state index contributed by atoms with van der Waals surface area (Å²) in [6.07, 6.45) is -5.27. The summed E-state index contributed by atoms with van der Waals surface area (Å²) in [5.74, 6) is -3.23. The number of likely N-dealkylation sites (tertiary alicyclic amines) is 1. The van der Waals surface area contributed by atoms with Gasteiger partial charge in [-0.15, -0.1) is 0 Å². The molecule has 0 unspecified atom stereocenters. The van der Waals surface area contributed by atoms with Crippen molar-refractivity contribution in [3.8, 4) is 0 Å². The van der Waals surface area contributed by atoms with Crippen LogP contribution < -0.4 is 10.8 Å². The molecule has 1 saturated carbocycles. The number of carbonyl (C=O) groups is 2. The van der Waals surface area contributed by atoms with Gasteiger partial charge in [-0.05, 0) is 63.6 Å². The van der Waals surface area contributed by atoms with Crippen LogP contribution in [0.5, 0.6) is 0 Å². The molecule has 3 N–H and O–H groups in total. The quantitative estimate of drug-likeness (QED) is 0.567. The van der Waals surface area contributed by atoms with Gasteiger partial charge in [-0.3, -0.25) is 4.79 Å². The smallest absolute Gasteiger partial charge is 0.430 e. The van der Waals surface area contributed by atoms with Crippen molar-refractivity contribution in [2.45, 2.75) is 79.9 Å². The van der Waals surface area contributed by atoms with Crippen LogP contribution in [0, 0.1) is 5.92 Å². The molecule has 0 atom stereocenters. The molecule has 0 radical (unpaired) electrons. The number of hydrogen-bond donors (Lipinski definition) is 1. The van der Waals surface area contributed by atoms with Gasteiger partial charge in [-0.25, -0.2) is 8.42 Å². The molecule has 1 aromatic carbocycles. The molecule has 0 aromatic heterocycles. The lowest BCUT2D eigenvalue weighted by molar-refractivity contribution is -0.458. The van der Waals surface area contributed by atoms with E-state index >= 15 is 0 Å². The molecule has 1 aliphatic heterocycles. The number of sulfone groups is 1. The van der Waals surface area contributed by atoms with Crippen molar-refractivity contribution in [1.82, 2.24) is 4.90 Å². The van der Waals surface area contributed by atoms with E-state index in [1.54, 1.807) is 18.7 Å². The van der Waals surface area contributed by atoms with E-state index in [-0.39, 0.29) is 16.7 Å². The summed E-state index contributed by atoms with van der Waals surface area (Å²) in [7, 11) is -4.00. The SMILES string of the molecule is CC(C)(C1CCN(C(=O)C2([NH3+])CCCC2)CC1)S(=O)(=O)c1cccc(C(F)(F)F)c1.O=C([O-])C(F)(F)F. The second-order valence-electron chi connectivity index (χ2n) is 9.97. The first-order valence-corrected chi connectivity index (χ1v) is 13.1. The molecule has 1 heterocycles. The fraction of sp³-hybridized carbons (Fsp3) is 0.652. The number of rotatable bonds is 4. The number of carbonyl (C=O) groups excluding carboxylic acids is 2. The van der Waals surface area contributed by atoms with E-state index < -0.39 is 44.0 Å². The summed E-state index contributed by atoms with van der Waals surface area (Å²) in [5.41, 5.74) is 2.60. The third-order valence-corrected chi connectivity index (χ3v) is 9.77. The van der Waals surface area contributed by atoms with Gasteiger partial charge in [-0.2, -0.15) is 26.3 Å². The zero-order valence-corrected chi connectivity index (χ0v) is 21.2. The number of piperidine rings is 1.